The number of hydrogen-bond donors (Lipinski definition) is 3. The highest BCUT2D eigenvalue weighted by molar-refractivity contribution is 5.68. The number of amides is 1. The highest BCUT2D eigenvalue weighted by Crippen LogP contribution is 2.24. The molecule has 124 valence electrons. The van der Waals surface area contributed by atoms with Gasteiger partial charge in [-0.3, -0.25) is 0 Å². The summed E-state index contributed by atoms with van der Waals surface area (Å²) in [5, 5.41) is 13.4. The largest absolute Gasteiger partial charge is 0.444 e. The molecule has 5 heteroatoms. The Bertz CT molecular complexity index is 509. The zero-order chi connectivity index (χ0) is 16.9. The first-order valence-corrected chi connectivity index (χ1v) is 7.59. The van der Waals surface area contributed by atoms with Crippen LogP contribution in [0.1, 0.15) is 50.0 Å². The number of aliphatic hydroxyl groups excluding tert-OH is 1. The van der Waals surface area contributed by atoms with E-state index in [-0.39, 0.29) is 0 Å². The van der Waals surface area contributed by atoms with Gasteiger partial charge in [0, 0.05) is 0 Å². The summed E-state index contributed by atoms with van der Waals surface area (Å²) in [5.74, 6) is 0. The van der Waals surface area contributed by atoms with E-state index in [9.17, 15) is 9.90 Å². The van der Waals surface area contributed by atoms with Crippen molar-refractivity contribution in [3.8, 4) is 0 Å². The number of nitrogens with two attached hydrogens (primary N) is 1. The van der Waals surface area contributed by atoms with Crippen molar-refractivity contribution in [3.63, 3.8) is 0 Å². The molecule has 1 amide bonds. The molecule has 1 rings (SSSR count). The van der Waals surface area contributed by atoms with E-state index in [1.54, 1.807) is 20.8 Å². The molecule has 22 heavy (non-hydrogen) atoms. The first kappa shape index (κ1) is 18.5. The fourth-order valence-corrected chi connectivity index (χ4v) is 2.24. The highest BCUT2D eigenvalue weighted by atomic mass is 16.6. The Morgan fingerprint density at radius 1 is 1.36 bits per heavy atom. The van der Waals surface area contributed by atoms with E-state index >= 15 is 0 Å². The number of benzene rings is 1. The number of rotatable bonds is 5. The lowest BCUT2D eigenvalue weighted by Crippen LogP contribution is -2.43. The van der Waals surface area contributed by atoms with Gasteiger partial charge in [-0.15, -0.1) is 0 Å². The monoisotopic (exact) mass is 308 g/mol. The molecule has 2 atom stereocenters. The van der Waals surface area contributed by atoms with Crippen LogP contribution in [0, 0.1) is 13.8 Å². The number of aliphatic hydroxyl groups is 1. The van der Waals surface area contributed by atoms with Crippen molar-refractivity contribution >= 4 is 6.09 Å². The van der Waals surface area contributed by atoms with Gasteiger partial charge in [0.1, 0.15) is 5.60 Å². The van der Waals surface area contributed by atoms with Gasteiger partial charge in [-0.1, -0.05) is 23.8 Å². The summed E-state index contributed by atoms with van der Waals surface area (Å²) < 4.78 is 5.25. The smallest absolute Gasteiger partial charge is 0.407 e. The first-order valence-electron chi connectivity index (χ1n) is 7.59. The van der Waals surface area contributed by atoms with Gasteiger partial charge in [0.2, 0.25) is 0 Å². The molecule has 0 saturated carbocycles. The second-order valence-electron chi connectivity index (χ2n) is 6.63. The molecule has 0 aliphatic carbocycles. The number of carbonyl (C=O) groups is 1. The summed E-state index contributed by atoms with van der Waals surface area (Å²) in [6, 6.07) is 5.40. The summed E-state index contributed by atoms with van der Waals surface area (Å²) in [6.45, 7) is 9.66. The summed E-state index contributed by atoms with van der Waals surface area (Å²) in [6.07, 6.45) is -0.903. The highest BCUT2D eigenvalue weighted by Gasteiger charge is 2.26. The molecule has 2 unspecified atom stereocenters. The topological polar surface area (TPSA) is 84.6 Å². The van der Waals surface area contributed by atoms with Crippen molar-refractivity contribution in [1.82, 2.24) is 5.32 Å². The van der Waals surface area contributed by atoms with Gasteiger partial charge < -0.3 is 20.9 Å². The number of nitrogens with one attached hydrogen (secondary N) is 1. The normalized spacial score (nSPS) is 14.3. The lowest BCUT2D eigenvalue weighted by molar-refractivity contribution is 0.0415. The summed E-state index contributed by atoms with van der Waals surface area (Å²) >= 11 is 0. The number of alkyl carbamates (subject to hydrolysis) is 1. The van der Waals surface area contributed by atoms with E-state index in [1.165, 1.54) is 0 Å². The standard InChI is InChI=1S/C17H28N2O3/c1-11-6-7-12(2)13(10-11)15(20)14(8-9-18)19-16(21)22-17(3,4)5/h6-7,10,14-15,20H,8-9,18H2,1-5H3,(H,19,21). The fourth-order valence-electron chi connectivity index (χ4n) is 2.24. The summed E-state index contributed by atoms with van der Waals surface area (Å²) in [5.41, 5.74) is 7.87. The van der Waals surface area contributed by atoms with Gasteiger partial charge in [0.25, 0.3) is 0 Å². The number of aryl methyl sites for hydroxylation is 2. The number of carbonyl (C=O) groups excluding carboxylic acids is 1. The third kappa shape index (κ3) is 5.66. The molecule has 0 radical (unpaired) electrons. The molecule has 0 aliphatic rings. The molecule has 0 bridgehead atoms. The van der Waals surface area contributed by atoms with E-state index in [1.807, 2.05) is 32.0 Å². The Kier molecular flexibility index (Phi) is 6.38. The minimum absolute atomic E-state index is 0.363. The van der Waals surface area contributed by atoms with Crippen LogP contribution in [-0.4, -0.2) is 29.4 Å². The van der Waals surface area contributed by atoms with Crippen LogP contribution < -0.4 is 11.1 Å². The molecule has 0 fully saturated rings. The molecule has 1 aromatic carbocycles. The van der Waals surface area contributed by atoms with Crippen molar-refractivity contribution < 1.29 is 14.6 Å². The molecule has 1 aromatic rings. The van der Waals surface area contributed by atoms with Gasteiger partial charge in [-0.2, -0.15) is 0 Å². The van der Waals surface area contributed by atoms with Crippen LogP contribution in [0.3, 0.4) is 0 Å². The van der Waals surface area contributed by atoms with Crippen LogP contribution in [0.15, 0.2) is 18.2 Å². The summed E-state index contributed by atoms with van der Waals surface area (Å²) in [4.78, 5) is 11.9. The average Bonchev–Trinajstić information content (AvgIpc) is 2.38. The van der Waals surface area contributed by atoms with Crippen LogP contribution >= 0.6 is 0 Å². The Hall–Kier alpha value is -1.59. The Morgan fingerprint density at radius 3 is 2.55 bits per heavy atom. The molecular weight excluding hydrogens is 280 g/mol. The lowest BCUT2D eigenvalue weighted by Gasteiger charge is -2.27. The van der Waals surface area contributed by atoms with E-state index in [0.29, 0.717) is 13.0 Å². The second-order valence-corrected chi connectivity index (χ2v) is 6.63. The van der Waals surface area contributed by atoms with Gasteiger partial charge >= 0.3 is 6.09 Å². The van der Waals surface area contributed by atoms with Crippen LogP contribution in [-0.2, 0) is 4.74 Å². The van der Waals surface area contributed by atoms with E-state index in [0.717, 1.165) is 16.7 Å². The van der Waals surface area contributed by atoms with E-state index in [2.05, 4.69) is 5.32 Å². The van der Waals surface area contributed by atoms with Crippen LogP contribution in [0.2, 0.25) is 0 Å². The molecule has 0 heterocycles. The third-order valence-electron chi connectivity index (χ3n) is 3.31. The van der Waals surface area contributed by atoms with Gasteiger partial charge in [-0.05, 0) is 58.7 Å². The number of hydrogen-bond acceptors (Lipinski definition) is 4. The average molecular weight is 308 g/mol. The minimum Gasteiger partial charge on any atom is -0.444 e. The molecule has 0 spiro atoms. The van der Waals surface area contributed by atoms with Crippen LogP contribution in [0.4, 0.5) is 4.79 Å². The maximum absolute atomic E-state index is 11.9. The van der Waals surface area contributed by atoms with Crippen molar-refractivity contribution in [2.45, 2.75) is 58.8 Å². The molecule has 0 saturated heterocycles. The van der Waals surface area contributed by atoms with Crippen molar-refractivity contribution in [3.05, 3.63) is 34.9 Å². The van der Waals surface area contributed by atoms with E-state index in [4.69, 9.17) is 10.5 Å². The van der Waals surface area contributed by atoms with Gasteiger partial charge in [-0.25, -0.2) is 4.79 Å². The Labute approximate surface area is 132 Å². The third-order valence-corrected chi connectivity index (χ3v) is 3.31. The van der Waals surface area contributed by atoms with Gasteiger partial charge in [0.15, 0.2) is 0 Å². The van der Waals surface area contributed by atoms with Crippen LogP contribution in [0.25, 0.3) is 0 Å². The molecule has 5 nitrogen and oxygen atoms in total. The zero-order valence-electron chi connectivity index (χ0n) is 14.1. The second kappa shape index (κ2) is 7.61. The van der Waals surface area contributed by atoms with Crippen molar-refractivity contribution in [2.24, 2.45) is 5.73 Å². The maximum atomic E-state index is 11.9. The summed E-state index contributed by atoms with van der Waals surface area (Å²) in [7, 11) is 0. The van der Waals surface area contributed by atoms with Crippen molar-refractivity contribution in [2.75, 3.05) is 6.54 Å². The zero-order valence-corrected chi connectivity index (χ0v) is 14.1. The SMILES string of the molecule is Cc1ccc(C)c(C(O)C(CCN)NC(=O)OC(C)(C)C)c1. The maximum Gasteiger partial charge on any atom is 0.407 e. The quantitative estimate of drug-likeness (QED) is 0.780. The minimum atomic E-state index is -0.823. The predicted molar refractivity (Wildman–Crippen MR) is 87.7 cm³/mol. The predicted octanol–water partition coefficient (Wildman–Crippen LogP) is 2.58. The number of ether oxygens (including phenoxy) is 1. The Morgan fingerprint density at radius 2 is 2.00 bits per heavy atom. The van der Waals surface area contributed by atoms with E-state index < -0.39 is 23.8 Å². The lowest BCUT2D eigenvalue weighted by atomic mass is 9.94. The molecule has 0 aliphatic heterocycles. The van der Waals surface area contributed by atoms with Crippen molar-refractivity contribution in [1.29, 1.82) is 0 Å². The first-order chi connectivity index (χ1) is 10.1. The fraction of sp³-hybridized carbons (Fsp3) is 0.588. The molecule has 0 aromatic heterocycles. The van der Waals surface area contributed by atoms with Crippen LogP contribution in [0.5, 0.6) is 0 Å². The Balaban J connectivity index is 2.89. The molecule has 4 N–H and O–H groups in total. The van der Waals surface area contributed by atoms with Gasteiger partial charge in [0.05, 0.1) is 12.1 Å². The molecular formula is C17H28N2O3.